The standard InChI is InChI=1S/C18H22F2O/c1-3-4-5-6-13-7-9-14(10-8-13)15-11-12-16(21-2)18(20)17(15)19/h3,7,9,11-14H,1,4-6,8,10H2,2H3. The molecule has 0 bridgehead atoms. The first-order valence-electron chi connectivity index (χ1n) is 7.48. The topological polar surface area (TPSA) is 9.23 Å². The van der Waals surface area contributed by atoms with Crippen LogP contribution < -0.4 is 4.74 Å². The number of rotatable bonds is 6. The van der Waals surface area contributed by atoms with Crippen molar-refractivity contribution in [2.24, 2.45) is 5.92 Å². The normalized spacial score (nSPS) is 21.3. The predicted molar refractivity (Wildman–Crippen MR) is 81.6 cm³/mol. The van der Waals surface area contributed by atoms with E-state index in [0.29, 0.717) is 11.5 Å². The third kappa shape index (κ3) is 3.72. The molecule has 2 rings (SSSR count). The molecule has 114 valence electrons. The van der Waals surface area contributed by atoms with Crippen LogP contribution in [0.25, 0.3) is 0 Å². The second kappa shape index (κ2) is 7.39. The van der Waals surface area contributed by atoms with Crippen molar-refractivity contribution < 1.29 is 13.5 Å². The van der Waals surface area contributed by atoms with Gasteiger partial charge in [0.25, 0.3) is 0 Å². The molecule has 0 fully saturated rings. The first-order valence-corrected chi connectivity index (χ1v) is 7.48. The molecule has 0 heterocycles. The monoisotopic (exact) mass is 292 g/mol. The first kappa shape index (κ1) is 15.7. The number of hydrogen-bond acceptors (Lipinski definition) is 1. The highest BCUT2D eigenvalue weighted by Crippen LogP contribution is 2.35. The molecule has 1 aliphatic rings. The van der Waals surface area contributed by atoms with Crippen LogP contribution in [0.1, 0.15) is 43.6 Å². The lowest BCUT2D eigenvalue weighted by molar-refractivity contribution is 0.368. The van der Waals surface area contributed by atoms with E-state index in [9.17, 15) is 8.78 Å². The molecule has 0 radical (unpaired) electrons. The number of allylic oxidation sites excluding steroid dienone is 3. The lowest BCUT2D eigenvalue weighted by Crippen LogP contribution is -2.10. The minimum Gasteiger partial charge on any atom is -0.494 e. The molecule has 0 aliphatic heterocycles. The fraction of sp³-hybridized carbons (Fsp3) is 0.444. The number of ether oxygens (including phenoxy) is 1. The van der Waals surface area contributed by atoms with E-state index in [0.717, 1.165) is 32.1 Å². The zero-order valence-corrected chi connectivity index (χ0v) is 12.4. The van der Waals surface area contributed by atoms with Crippen LogP contribution in [-0.2, 0) is 0 Å². The van der Waals surface area contributed by atoms with Crippen molar-refractivity contribution >= 4 is 0 Å². The summed E-state index contributed by atoms with van der Waals surface area (Å²) < 4.78 is 32.6. The molecule has 0 amide bonds. The Morgan fingerprint density at radius 1 is 1.24 bits per heavy atom. The van der Waals surface area contributed by atoms with Gasteiger partial charge >= 0.3 is 0 Å². The van der Waals surface area contributed by atoms with E-state index in [2.05, 4.69) is 12.7 Å². The van der Waals surface area contributed by atoms with Gasteiger partial charge in [-0.15, -0.1) is 6.58 Å². The molecular formula is C18H22F2O. The molecule has 2 atom stereocenters. The van der Waals surface area contributed by atoms with Gasteiger partial charge in [-0.3, -0.25) is 0 Å². The average molecular weight is 292 g/mol. The van der Waals surface area contributed by atoms with E-state index in [-0.39, 0.29) is 11.7 Å². The van der Waals surface area contributed by atoms with Crippen molar-refractivity contribution in [2.75, 3.05) is 7.11 Å². The molecule has 1 aromatic rings. The molecule has 0 aromatic heterocycles. The second-order valence-corrected chi connectivity index (χ2v) is 5.53. The van der Waals surface area contributed by atoms with Crippen molar-refractivity contribution in [3.63, 3.8) is 0 Å². The summed E-state index contributed by atoms with van der Waals surface area (Å²) in [5.74, 6) is -1.21. The van der Waals surface area contributed by atoms with E-state index >= 15 is 0 Å². The fourth-order valence-corrected chi connectivity index (χ4v) is 2.89. The Balaban J connectivity index is 2.06. The van der Waals surface area contributed by atoms with Gasteiger partial charge in [-0.05, 0) is 49.7 Å². The van der Waals surface area contributed by atoms with Gasteiger partial charge in [0.1, 0.15) is 0 Å². The number of methoxy groups -OCH3 is 1. The van der Waals surface area contributed by atoms with Crippen LogP contribution in [0.5, 0.6) is 5.75 Å². The molecule has 21 heavy (non-hydrogen) atoms. The number of unbranched alkanes of at least 4 members (excludes halogenated alkanes) is 1. The quantitative estimate of drug-likeness (QED) is 0.505. The summed E-state index contributed by atoms with van der Waals surface area (Å²) >= 11 is 0. The summed E-state index contributed by atoms with van der Waals surface area (Å²) in [6.45, 7) is 3.72. The van der Waals surface area contributed by atoms with Gasteiger partial charge in [0.2, 0.25) is 5.82 Å². The van der Waals surface area contributed by atoms with Crippen LogP contribution in [0.15, 0.2) is 36.9 Å². The maximum atomic E-state index is 14.1. The number of hydrogen-bond donors (Lipinski definition) is 0. The van der Waals surface area contributed by atoms with E-state index in [1.165, 1.54) is 13.2 Å². The third-order valence-corrected chi connectivity index (χ3v) is 4.14. The molecule has 1 aromatic carbocycles. The van der Waals surface area contributed by atoms with Crippen LogP contribution in [0.3, 0.4) is 0 Å². The number of halogens is 2. The Morgan fingerprint density at radius 2 is 2.05 bits per heavy atom. The van der Waals surface area contributed by atoms with Gasteiger partial charge in [-0.2, -0.15) is 4.39 Å². The second-order valence-electron chi connectivity index (χ2n) is 5.53. The molecule has 1 nitrogen and oxygen atoms in total. The van der Waals surface area contributed by atoms with E-state index in [1.807, 2.05) is 12.2 Å². The van der Waals surface area contributed by atoms with Crippen LogP contribution in [0, 0.1) is 17.6 Å². The summed E-state index contributed by atoms with van der Waals surface area (Å²) in [5.41, 5.74) is 0.425. The Labute approximate surface area is 125 Å². The Hall–Kier alpha value is -1.64. The maximum absolute atomic E-state index is 14.1. The lowest BCUT2D eigenvalue weighted by atomic mass is 9.82. The van der Waals surface area contributed by atoms with Crippen molar-refractivity contribution in [1.82, 2.24) is 0 Å². The Kier molecular flexibility index (Phi) is 5.54. The van der Waals surface area contributed by atoms with Gasteiger partial charge in [0.05, 0.1) is 7.11 Å². The van der Waals surface area contributed by atoms with Crippen molar-refractivity contribution in [1.29, 1.82) is 0 Å². The highest BCUT2D eigenvalue weighted by atomic mass is 19.2. The van der Waals surface area contributed by atoms with Crippen molar-refractivity contribution in [3.8, 4) is 5.75 Å². The van der Waals surface area contributed by atoms with E-state index < -0.39 is 11.6 Å². The molecule has 3 heteroatoms. The fourth-order valence-electron chi connectivity index (χ4n) is 2.89. The van der Waals surface area contributed by atoms with Crippen LogP contribution in [0.2, 0.25) is 0 Å². The molecule has 0 spiro atoms. The largest absolute Gasteiger partial charge is 0.494 e. The smallest absolute Gasteiger partial charge is 0.200 e. The maximum Gasteiger partial charge on any atom is 0.200 e. The minimum atomic E-state index is -0.892. The van der Waals surface area contributed by atoms with Crippen LogP contribution in [-0.4, -0.2) is 7.11 Å². The van der Waals surface area contributed by atoms with E-state index in [4.69, 9.17) is 4.74 Å². The van der Waals surface area contributed by atoms with Gasteiger partial charge in [-0.25, -0.2) is 4.39 Å². The zero-order chi connectivity index (χ0) is 15.2. The highest BCUT2D eigenvalue weighted by molar-refractivity contribution is 5.35. The van der Waals surface area contributed by atoms with Gasteiger partial charge < -0.3 is 4.74 Å². The van der Waals surface area contributed by atoms with E-state index in [1.54, 1.807) is 6.07 Å². The predicted octanol–water partition coefficient (Wildman–Crippen LogP) is 5.38. The third-order valence-electron chi connectivity index (χ3n) is 4.14. The number of benzene rings is 1. The van der Waals surface area contributed by atoms with Crippen molar-refractivity contribution in [3.05, 3.63) is 54.1 Å². The molecule has 0 N–H and O–H groups in total. The Bertz CT molecular complexity index is 522. The van der Waals surface area contributed by atoms with Gasteiger partial charge in [0, 0.05) is 5.92 Å². The molecular weight excluding hydrogens is 270 g/mol. The minimum absolute atomic E-state index is 0.0407. The SMILES string of the molecule is C=CCCCC1C=CC(c2ccc(OC)c(F)c2F)CC1. The summed E-state index contributed by atoms with van der Waals surface area (Å²) in [4.78, 5) is 0. The summed E-state index contributed by atoms with van der Waals surface area (Å²) in [5, 5.41) is 0. The molecule has 0 saturated heterocycles. The zero-order valence-electron chi connectivity index (χ0n) is 12.4. The summed E-state index contributed by atoms with van der Waals surface area (Å²) in [7, 11) is 1.34. The average Bonchev–Trinajstić information content (AvgIpc) is 2.51. The molecule has 1 aliphatic carbocycles. The van der Waals surface area contributed by atoms with Crippen LogP contribution in [0.4, 0.5) is 8.78 Å². The Morgan fingerprint density at radius 3 is 2.67 bits per heavy atom. The summed E-state index contributed by atoms with van der Waals surface area (Å²) in [6, 6.07) is 3.13. The van der Waals surface area contributed by atoms with Crippen LogP contribution >= 0.6 is 0 Å². The van der Waals surface area contributed by atoms with Crippen molar-refractivity contribution in [2.45, 2.75) is 38.0 Å². The molecule has 2 unspecified atom stereocenters. The molecule has 0 saturated carbocycles. The highest BCUT2D eigenvalue weighted by Gasteiger charge is 2.22. The lowest BCUT2D eigenvalue weighted by Gasteiger charge is -2.23. The first-order chi connectivity index (χ1) is 10.2. The van der Waals surface area contributed by atoms with Gasteiger partial charge in [0.15, 0.2) is 11.6 Å². The summed E-state index contributed by atoms with van der Waals surface area (Å²) in [6.07, 6.45) is 11.3. The van der Waals surface area contributed by atoms with Gasteiger partial charge in [-0.1, -0.05) is 24.3 Å².